The van der Waals surface area contributed by atoms with Crippen molar-refractivity contribution < 1.29 is 9.59 Å². The highest BCUT2D eigenvalue weighted by Gasteiger charge is 2.24. The maximum Gasteiger partial charge on any atom is 0.248 e. The first-order valence-electron chi connectivity index (χ1n) is 7.89. The molecule has 3 rings (SSSR count). The molecule has 2 aromatic rings. The lowest BCUT2D eigenvalue weighted by atomic mass is 10.1. The van der Waals surface area contributed by atoms with E-state index >= 15 is 0 Å². The van der Waals surface area contributed by atoms with Crippen LogP contribution in [0.1, 0.15) is 12.0 Å². The monoisotopic (exact) mass is 355 g/mol. The molecular weight excluding hydrogens is 338 g/mol. The van der Waals surface area contributed by atoms with E-state index in [1.807, 2.05) is 48.5 Å². The van der Waals surface area contributed by atoms with E-state index in [0.29, 0.717) is 5.02 Å². The molecule has 0 atom stereocenters. The van der Waals surface area contributed by atoms with Crippen molar-refractivity contribution in [2.75, 3.05) is 18.5 Å². The van der Waals surface area contributed by atoms with E-state index in [-0.39, 0.29) is 24.8 Å². The van der Waals surface area contributed by atoms with E-state index in [2.05, 4.69) is 5.43 Å². The van der Waals surface area contributed by atoms with Crippen molar-refractivity contribution >= 4 is 34.8 Å². The van der Waals surface area contributed by atoms with E-state index in [4.69, 9.17) is 11.6 Å². The number of amides is 2. The summed E-state index contributed by atoms with van der Waals surface area (Å²) in [4.78, 5) is 26.2. The summed E-state index contributed by atoms with van der Waals surface area (Å²) in [7, 11) is 1.70. The van der Waals surface area contributed by atoms with Gasteiger partial charge in [0.25, 0.3) is 0 Å². The van der Waals surface area contributed by atoms with Crippen LogP contribution in [0.15, 0.2) is 60.7 Å². The topological polar surface area (TPSA) is 52.7 Å². The Kier molecular flexibility index (Phi) is 5.05. The van der Waals surface area contributed by atoms with Crippen LogP contribution in [0.2, 0.25) is 5.02 Å². The number of likely N-dealkylation sites (N-methyl/N-ethyl adjacent to an activating group) is 1. The predicted molar refractivity (Wildman–Crippen MR) is 98.7 cm³/mol. The summed E-state index contributed by atoms with van der Waals surface area (Å²) in [6, 6.07) is 16.6. The largest absolute Gasteiger partial charge is 0.314 e. The SMILES string of the molecule is CN(C(=O)CN1NC(c2ccc(Cl)cc2)=CCC1=O)c1ccccc1. The summed E-state index contributed by atoms with van der Waals surface area (Å²) in [5.41, 5.74) is 5.51. The van der Waals surface area contributed by atoms with E-state index in [0.717, 1.165) is 16.9 Å². The zero-order valence-corrected chi connectivity index (χ0v) is 14.5. The van der Waals surface area contributed by atoms with Crippen molar-refractivity contribution in [3.8, 4) is 0 Å². The molecule has 128 valence electrons. The number of nitrogens with one attached hydrogen (secondary N) is 1. The minimum absolute atomic E-state index is 0.0465. The molecular formula is C19H18ClN3O2. The Morgan fingerprint density at radius 1 is 1.16 bits per heavy atom. The molecule has 5 nitrogen and oxygen atoms in total. The Bertz CT molecular complexity index is 803. The van der Waals surface area contributed by atoms with Crippen molar-refractivity contribution in [2.24, 2.45) is 0 Å². The minimum atomic E-state index is -0.176. The molecule has 0 aromatic heterocycles. The van der Waals surface area contributed by atoms with Crippen LogP contribution in [-0.2, 0) is 9.59 Å². The summed E-state index contributed by atoms with van der Waals surface area (Å²) >= 11 is 5.91. The van der Waals surface area contributed by atoms with Gasteiger partial charge in [-0.3, -0.25) is 15.0 Å². The maximum atomic E-state index is 12.5. The molecule has 1 heterocycles. The van der Waals surface area contributed by atoms with Crippen molar-refractivity contribution in [1.29, 1.82) is 0 Å². The molecule has 0 saturated heterocycles. The molecule has 2 aromatic carbocycles. The smallest absolute Gasteiger partial charge is 0.248 e. The summed E-state index contributed by atoms with van der Waals surface area (Å²) in [6.45, 7) is -0.0465. The number of carbonyl (C=O) groups is 2. The van der Waals surface area contributed by atoms with Gasteiger partial charge in [-0.15, -0.1) is 0 Å². The number of hydrogen-bond acceptors (Lipinski definition) is 3. The number of benzene rings is 2. The molecule has 0 spiro atoms. The Hall–Kier alpha value is -2.79. The lowest BCUT2D eigenvalue weighted by Gasteiger charge is -2.30. The molecule has 1 aliphatic rings. The van der Waals surface area contributed by atoms with Crippen molar-refractivity contribution in [1.82, 2.24) is 10.4 Å². The fourth-order valence-corrected chi connectivity index (χ4v) is 2.66. The van der Waals surface area contributed by atoms with Crippen molar-refractivity contribution in [2.45, 2.75) is 6.42 Å². The summed E-state index contributed by atoms with van der Waals surface area (Å²) in [5, 5.41) is 2.00. The summed E-state index contributed by atoms with van der Waals surface area (Å²) < 4.78 is 0. The molecule has 1 aliphatic heterocycles. The third kappa shape index (κ3) is 4.00. The van der Waals surface area contributed by atoms with Gasteiger partial charge in [0, 0.05) is 24.2 Å². The first-order valence-corrected chi connectivity index (χ1v) is 8.27. The number of nitrogens with zero attached hydrogens (tertiary/aromatic N) is 2. The zero-order valence-electron chi connectivity index (χ0n) is 13.8. The third-order valence-electron chi connectivity index (χ3n) is 4.00. The predicted octanol–water partition coefficient (Wildman–Crippen LogP) is 3.08. The molecule has 25 heavy (non-hydrogen) atoms. The number of hydrogen-bond donors (Lipinski definition) is 1. The van der Waals surface area contributed by atoms with Crippen LogP contribution in [0.3, 0.4) is 0 Å². The van der Waals surface area contributed by atoms with Gasteiger partial charge in [0.2, 0.25) is 11.8 Å². The second-order valence-electron chi connectivity index (χ2n) is 5.71. The summed E-state index contributed by atoms with van der Waals surface area (Å²) in [6.07, 6.45) is 2.06. The minimum Gasteiger partial charge on any atom is -0.314 e. The average Bonchev–Trinajstić information content (AvgIpc) is 2.64. The first-order chi connectivity index (χ1) is 12.0. The molecule has 0 aliphatic carbocycles. The van der Waals surface area contributed by atoms with Crippen LogP contribution in [0, 0.1) is 0 Å². The van der Waals surface area contributed by atoms with Crippen LogP contribution < -0.4 is 10.3 Å². The molecule has 1 N–H and O–H groups in total. The Labute approximate surface area is 151 Å². The maximum absolute atomic E-state index is 12.5. The van der Waals surface area contributed by atoms with Crippen molar-refractivity contribution in [3.63, 3.8) is 0 Å². The second-order valence-corrected chi connectivity index (χ2v) is 6.15. The van der Waals surface area contributed by atoms with Gasteiger partial charge in [0.05, 0.1) is 5.70 Å². The van der Waals surface area contributed by atoms with Gasteiger partial charge in [-0.05, 0) is 35.9 Å². The lowest BCUT2D eigenvalue weighted by Crippen LogP contribution is -2.49. The van der Waals surface area contributed by atoms with E-state index in [1.54, 1.807) is 19.2 Å². The third-order valence-corrected chi connectivity index (χ3v) is 4.26. The highest BCUT2D eigenvalue weighted by Crippen LogP contribution is 2.20. The van der Waals surface area contributed by atoms with Crippen LogP contribution >= 0.6 is 11.6 Å². The molecule has 0 fully saturated rings. The van der Waals surface area contributed by atoms with Crippen molar-refractivity contribution in [3.05, 3.63) is 71.3 Å². The number of hydrazine groups is 1. The van der Waals surface area contributed by atoms with E-state index in [1.165, 1.54) is 9.91 Å². The number of para-hydroxylation sites is 1. The van der Waals surface area contributed by atoms with E-state index in [9.17, 15) is 9.59 Å². The quantitative estimate of drug-likeness (QED) is 0.917. The molecule has 6 heteroatoms. The number of rotatable bonds is 4. The highest BCUT2D eigenvalue weighted by molar-refractivity contribution is 6.30. The molecule has 2 amide bonds. The van der Waals surface area contributed by atoms with E-state index < -0.39 is 0 Å². The Morgan fingerprint density at radius 3 is 2.52 bits per heavy atom. The second kappa shape index (κ2) is 7.40. The Balaban J connectivity index is 1.70. The van der Waals surface area contributed by atoms with Crippen LogP contribution in [0.5, 0.6) is 0 Å². The van der Waals surface area contributed by atoms with Gasteiger partial charge in [-0.25, -0.2) is 5.01 Å². The van der Waals surface area contributed by atoms with Gasteiger partial charge in [0.1, 0.15) is 6.54 Å². The highest BCUT2D eigenvalue weighted by atomic mass is 35.5. The molecule has 0 bridgehead atoms. The van der Waals surface area contributed by atoms with Gasteiger partial charge in [0.15, 0.2) is 0 Å². The number of anilines is 1. The fraction of sp³-hybridized carbons (Fsp3) is 0.158. The van der Waals surface area contributed by atoms with Gasteiger partial charge < -0.3 is 4.90 Å². The molecule has 0 radical (unpaired) electrons. The first kappa shape index (κ1) is 17.0. The zero-order chi connectivity index (χ0) is 17.8. The lowest BCUT2D eigenvalue weighted by molar-refractivity contribution is -0.137. The summed E-state index contributed by atoms with van der Waals surface area (Å²) in [5.74, 6) is -0.322. The fourth-order valence-electron chi connectivity index (χ4n) is 2.53. The normalized spacial score (nSPS) is 13.9. The van der Waals surface area contributed by atoms with Crippen LogP contribution in [0.25, 0.3) is 5.70 Å². The van der Waals surface area contributed by atoms with Gasteiger partial charge in [-0.2, -0.15) is 0 Å². The molecule has 0 saturated carbocycles. The van der Waals surface area contributed by atoms with Crippen LogP contribution in [-0.4, -0.2) is 30.4 Å². The van der Waals surface area contributed by atoms with Gasteiger partial charge in [-0.1, -0.05) is 41.9 Å². The Morgan fingerprint density at radius 2 is 1.84 bits per heavy atom. The van der Waals surface area contributed by atoms with Gasteiger partial charge >= 0.3 is 0 Å². The average molecular weight is 356 g/mol. The number of halogens is 1. The van der Waals surface area contributed by atoms with Crippen LogP contribution in [0.4, 0.5) is 5.69 Å². The molecule has 0 unspecified atom stereocenters. The standard InChI is InChI=1S/C19H18ClN3O2/c1-22(16-5-3-2-4-6-16)19(25)13-23-18(24)12-11-17(21-23)14-7-9-15(20)10-8-14/h2-11,21H,12-13H2,1H3. The number of carbonyl (C=O) groups excluding carboxylic acids is 2.